The smallest absolute Gasteiger partial charge is 0.271 e. The summed E-state index contributed by atoms with van der Waals surface area (Å²) in [5, 5.41) is 9.57. The third-order valence-corrected chi connectivity index (χ3v) is 5.49. The Bertz CT molecular complexity index is 899. The minimum atomic E-state index is -0.115. The quantitative estimate of drug-likeness (QED) is 0.763. The first-order chi connectivity index (χ1) is 12.5. The molecule has 0 unspecified atom stereocenters. The topological polar surface area (TPSA) is 59.8 Å². The molecule has 0 aliphatic heterocycles. The number of hydrogen-bond acceptors (Lipinski definition) is 4. The molecule has 4 rings (SSSR count). The third-order valence-electron chi connectivity index (χ3n) is 4.90. The minimum Gasteiger partial charge on any atom is -0.344 e. The first-order valence-corrected chi connectivity index (χ1v) is 9.74. The fourth-order valence-corrected chi connectivity index (χ4v) is 4.21. The monoisotopic (exact) mass is 366 g/mol. The summed E-state index contributed by atoms with van der Waals surface area (Å²) in [5.74, 6) is -0.115. The molecular weight excluding hydrogens is 344 g/mol. The van der Waals surface area contributed by atoms with Crippen molar-refractivity contribution in [2.75, 3.05) is 0 Å². The molecule has 1 atom stereocenters. The fourth-order valence-electron chi connectivity index (χ4n) is 3.68. The normalized spacial score (nSPS) is 18.3. The molecule has 0 spiro atoms. The molecule has 0 fully saturated rings. The molecule has 5 nitrogen and oxygen atoms in total. The Kier molecular flexibility index (Phi) is 4.36. The Hall–Kier alpha value is -2.47. The molecule has 6 heteroatoms. The average molecular weight is 366 g/mol. The molecule has 1 N–H and O–H groups in total. The minimum absolute atomic E-state index is 0.0347. The number of thiazole rings is 1. The zero-order chi connectivity index (χ0) is 18.1. The van der Waals surface area contributed by atoms with Gasteiger partial charge in [-0.15, -0.1) is 11.3 Å². The van der Waals surface area contributed by atoms with Crippen molar-refractivity contribution >= 4 is 17.2 Å². The zero-order valence-corrected chi connectivity index (χ0v) is 15.8. The molecule has 1 amide bonds. The number of hydrogen-bond donors (Lipinski definition) is 1. The van der Waals surface area contributed by atoms with Crippen LogP contribution in [-0.2, 0) is 13.0 Å². The second-order valence-electron chi connectivity index (χ2n) is 7.63. The number of nitrogens with one attached hydrogen (secondary N) is 1. The van der Waals surface area contributed by atoms with Crippen molar-refractivity contribution in [2.45, 2.75) is 39.3 Å². The predicted octanol–water partition coefficient (Wildman–Crippen LogP) is 3.83. The van der Waals surface area contributed by atoms with Crippen LogP contribution in [0.25, 0.3) is 0 Å². The van der Waals surface area contributed by atoms with E-state index in [1.165, 1.54) is 22.6 Å². The number of nitrogens with zero attached hydrogens (tertiary/aromatic N) is 3. The van der Waals surface area contributed by atoms with Crippen molar-refractivity contribution in [1.82, 2.24) is 20.1 Å². The van der Waals surface area contributed by atoms with Gasteiger partial charge >= 0.3 is 0 Å². The van der Waals surface area contributed by atoms with E-state index in [-0.39, 0.29) is 17.4 Å². The van der Waals surface area contributed by atoms with Crippen molar-refractivity contribution in [3.05, 3.63) is 69.9 Å². The van der Waals surface area contributed by atoms with Gasteiger partial charge in [-0.1, -0.05) is 44.2 Å². The van der Waals surface area contributed by atoms with Gasteiger partial charge in [-0.25, -0.2) is 4.98 Å². The maximum atomic E-state index is 12.5. The number of carbonyl (C=O) groups excluding carboxylic acids is 1. The maximum Gasteiger partial charge on any atom is 0.271 e. The Morgan fingerprint density at radius 2 is 2.15 bits per heavy atom. The summed E-state index contributed by atoms with van der Waals surface area (Å²) in [6.45, 7) is 5.24. The van der Waals surface area contributed by atoms with Crippen LogP contribution in [0.3, 0.4) is 0 Å². The van der Waals surface area contributed by atoms with Crippen LogP contribution in [0, 0.1) is 5.41 Å². The van der Waals surface area contributed by atoms with Gasteiger partial charge in [0.1, 0.15) is 5.69 Å². The van der Waals surface area contributed by atoms with Crippen LogP contribution in [0.15, 0.2) is 47.4 Å². The lowest BCUT2D eigenvalue weighted by Gasteiger charge is -2.35. The van der Waals surface area contributed by atoms with E-state index in [0.717, 1.165) is 24.9 Å². The second kappa shape index (κ2) is 6.68. The molecule has 1 aliphatic rings. The molecule has 0 saturated carbocycles. The van der Waals surface area contributed by atoms with Crippen LogP contribution in [-0.4, -0.2) is 20.7 Å². The molecule has 0 radical (unpaired) electrons. The summed E-state index contributed by atoms with van der Waals surface area (Å²) in [6, 6.07) is 10.3. The van der Waals surface area contributed by atoms with Gasteiger partial charge in [-0.05, 0) is 23.8 Å². The van der Waals surface area contributed by atoms with Gasteiger partial charge in [-0.3, -0.25) is 9.48 Å². The van der Waals surface area contributed by atoms with E-state index in [4.69, 9.17) is 0 Å². The van der Waals surface area contributed by atoms with Crippen molar-refractivity contribution in [2.24, 2.45) is 5.41 Å². The molecule has 0 bridgehead atoms. The van der Waals surface area contributed by atoms with E-state index >= 15 is 0 Å². The van der Waals surface area contributed by atoms with Gasteiger partial charge in [0.15, 0.2) is 0 Å². The first-order valence-electron chi connectivity index (χ1n) is 8.79. The Morgan fingerprint density at radius 1 is 1.35 bits per heavy atom. The third kappa shape index (κ3) is 3.42. The number of fused-ring (bicyclic) bond motifs is 1. The predicted molar refractivity (Wildman–Crippen MR) is 102 cm³/mol. The van der Waals surface area contributed by atoms with E-state index in [9.17, 15) is 4.79 Å². The van der Waals surface area contributed by atoms with Crippen LogP contribution < -0.4 is 5.32 Å². The standard InChI is InChI=1S/C20H22N4OS/c1-20(2)8-16(23-19(25)17-12-26-13-21-17)15-10-22-24(18(15)9-20)11-14-6-4-3-5-7-14/h3-7,10,12-13,16H,8-9,11H2,1-2H3,(H,23,25)/t16-/m1/s1. The lowest BCUT2D eigenvalue weighted by Crippen LogP contribution is -2.37. The molecule has 0 saturated heterocycles. The SMILES string of the molecule is CC1(C)Cc2c(cnn2Cc2ccccc2)[C@H](NC(=O)c2cscn2)C1. The van der Waals surface area contributed by atoms with Crippen molar-refractivity contribution < 1.29 is 4.79 Å². The fraction of sp³-hybridized carbons (Fsp3) is 0.350. The van der Waals surface area contributed by atoms with Gasteiger partial charge in [0.2, 0.25) is 0 Å². The van der Waals surface area contributed by atoms with E-state index < -0.39 is 0 Å². The van der Waals surface area contributed by atoms with Crippen molar-refractivity contribution in [1.29, 1.82) is 0 Å². The van der Waals surface area contributed by atoms with Gasteiger partial charge in [-0.2, -0.15) is 5.10 Å². The van der Waals surface area contributed by atoms with Gasteiger partial charge in [0.05, 0.1) is 24.3 Å². The highest BCUT2D eigenvalue weighted by Crippen LogP contribution is 2.41. The van der Waals surface area contributed by atoms with Crippen LogP contribution in [0.1, 0.15) is 53.6 Å². The number of aromatic nitrogens is 3. The average Bonchev–Trinajstić information content (AvgIpc) is 3.26. The van der Waals surface area contributed by atoms with Gasteiger partial charge in [0.25, 0.3) is 5.91 Å². The first kappa shape index (κ1) is 17.0. The summed E-state index contributed by atoms with van der Waals surface area (Å²) < 4.78 is 2.08. The summed E-state index contributed by atoms with van der Waals surface area (Å²) in [7, 11) is 0. The van der Waals surface area contributed by atoms with E-state index in [1.54, 1.807) is 10.9 Å². The number of carbonyl (C=O) groups is 1. The van der Waals surface area contributed by atoms with Crippen LogP contribution in [0.2, 0.25) is 0 Å². The Balaban J connectivity index is 1.62. The molecule has 1 aromatic carbocycles. The Morgan fingerprint density at radius 3 is 2.88 bits per heavy atom. The van der Waals surface area contributed by atoms with Crippen LogP contribution in [0.5, 0.6) is 0 Å². The van der Waals surface area contributed by atoms with E-state index in [2.05, 4.69) is 46.1 Å². The molecular formula is C20H22N4OS. The zero-order valence-electron chi connectivity index (χ0n) is 15.0. The maximum absolute atomic E-state index is 12.5. The van der Waals surface area contributed by atoms with Crippen molar-refractivity contribution in [3.8, 4) is 0 Å². The molecule has 1 aliphatic carbocycles. The van der Waals surface area contributed by atoms with E-state index in [1.807, 2.05) is 24.4 Å². The molecule has 3 aromatic rings. The largest absolute Gasteiger partial charge is 0.344 e. The lowest BCUT2D eigenvalue weighted by molar-refractivity contribution is 0.0914. The lowest BCUT2D eigenvalue weighted by atomic mass is 9.74. The summed E-state index contributed by atoms with van der Waals surface area (Å²) in [5.41, 5.74) is 5.84. The van der Waals surface area contributed by atoms with Gasteiger partial charge in [0, 0.05) is 16.6 Å². The van der Waals surface area contributed by atoms with Crippen LogP contribution in [0.4, 0.5) is 0 Å². The number of rotatable bonds is 4. The molecule has 2 aromatic heterocycles. The molecule has 134 valence electrons. The van der Waals surface area contributed by atoms with Crippen LogP contribution >= 0.6 is 11.3 Å². The molecule has 2 heterocycles. The highest BCUT2D eigenvalue weighted by atomic mass is 32.1. The Labute approximate surface area is 157 Å². The van der Waals surface area contributed by atoms with Crippen molar-refractivity contribution in [3.63, 3.8) is 0 Å². The summed E-state index contributed by atoms with van der Waals surface area (Å²) in [6.07, 6.45) is 3.77. The molecule has 26 heavy (non-hydrogen) atoms. The van der Waals surface area contributed by atoms with Gasteiger partial charge < -0.3 is 5.32 Å². The number of amides is 1. The summed E-state index contributed by atoms with van der Waals surface area (Å²) in [4.78, 5) is 16.6. The highest BCUT2D eigenvalue weighted by Gasteiger charge is 2.36. The second-order valence-corrected chi connectivity index (χ2v) is 8.35. The summed E-state index contributed by atoms with van der Waals surface area (Å²) >= 11 is 1.43. The number of benzene rings is 1. The highest BCUT2D eigenvalue weighted by molar-refractivity contribution is 7.07. The van der Waals surface area contributed by atoms with E-state index in [0.29, 0.717) is 5.69 Å².